The molecular weight excluding hydrogens is 400 g/mol. The zero-order chi connectivity index (χ0) is 21.1. The van der Waals surface area contributed by atoms with E-state index in [0.717, 1.165) is 25.8 Å². The van der Waals surface area contributed by atoms with Gasteiger partial charge in [0.1, 0.15) is 12.1 Å². The minimum Gasteiger partial charge on any atom is -0.480 e. The van der Waals surface area contributed by atoms with Gasteiger partial charge in [0.25, 0.3) is 0 Å². The molecule has 0 saturated carbocycles. The fourth-order valence-electron chi connectivity index (χ4n) is 2.41. The van der Waals surface area contributed by atoms with Crippen LogP contribution < -0.4 is 5.32 Å². The Morgan fingerprint density at radius 3 is 1.76 bits per heavy atom. The lowest BCUT2D eigenvalue weighted by atomic mass is 10.2. The number of carboxylic acid groups (broad SMARTS) is 2. The van der Waals surface area contributed by atoms with Gasteiger partial charge in [0, 0.05) is 17.7 Å². The highest BCUT2D eigenvalue weighted by Gasteiger charge is 2.33. The van der Waals surface area contributed by atoms with Crippen molar-refractivity contribution in [1.82, 2.24) is 10.2 Å². The summed E-state index contributed by atoms with van der Waals surface area (Å²) < 4.78 is 0. The number of aliphatic carboxylic acids is 2. The molecule has 2 atom stereocenters. The van der Waals surface area contributed by atoms with Gasteiger partial charge in [-0.05, 0) is 57.7 Å². The van der Waals surface area contributed by atoms with Crippen LogP contribution in [0.1, 0.15) is 54.4 Å². The van der Waals surface area contributed by atoms with Crippen molar-refractivity contribution in [2.24, 2.45) is 0 Å². The summed E-state index contributed by atoms with van der Waals surface area (Å²) in [6.07, 6.45) is 3.09. The van der Waals surface area contributed by atoms with Gasteiger partial charge >= 0.3 is 11.9 Å². The van der Waals surface area contributed by atoms with E-state index in [1.54, 1.807) is 13.8 Å². The molecular formula is C20H35ClN2O6. The van der Waals surface area contributed by atoms with Gasteiger partial charge in [0.2, 0.25) is 11.1 Å². The van der Waals surface area contributed by atoms with E-state index in [0.29, 0.717) is 24.1 Å². The highest BCUT2D eigenvalue weighted by molar-refractivity contribution is 6.67. The first-order valence-electron chi connectivity index (χ1n) is 8.49. The summed E-state index contributed by atoms with van der Waals surface area (Å²) >= 11 is 4.87. The molecule has 2 rings (SSSR count). The quantitative estimate of drug-likeness (QED) is 0.458. The first-order valence-corrected chi connectivity index (χ1v) is 8.87. The third-order valence-corrected chi connectivity index (χ3v) is 4.18. The molecule has 0 unspecified atom stereocenters. The Balaban J connectivity index is -0.000000367. The first kappa shape index (κ1) is 31.5. The van der Waals surface area contributed by atoms with E-state index in [1.165, 1.54) is 4.90 Å². The maximum Gasteiger partial charge on any atom is 0.326 e. The molecule has 0 bridgehead atoms. The number of allylic oxidation sites excluding steroid dienone is 1. The lowest BCUT2D eigenvalue weighted by Gasteiger charge is -2.21. The largest absolute Gasteiger partial charge is 0.480 e. The number of likely N-dealkylation sites (tertiary alicyclic amines) is 1. The van der Waals surface area contributed by atoms with Crippen molar-refractivity contribution in [2.45, 2.75) is 66.5 Å². The van der Waals surface area contributed by atoms with E-state index in [-0.39, 0.29) is 26.8 Å². The standard InChI is InChI=1S/C9H13NO3.C5H9NO2.C4H5ClO.2CH4/c1-6(2)8(11)10-5-3-4-7(10)9(12)13;7-5(8)4-2-1-3-6-4;1-3(2)4(5)6;;/h7H,1,3-5H2,2H3,(H,12,13);4,6H,1-3H2,(H,7,8);1H2,2H3;2*1H4/t7-;4-;;;/m11.../s1. The van der Waals surface area contributed by atoms with Crippen LogP contribution in [0.3, 0.4) is 0 Å². The monoisotopic (exact) mass is 434 g/mol. The van der Waals surface area contributed by atoms with E-state index in [2.05, 4.69) is 18.5 Å². The number of rotatable bonds is 4. The second-order valence-electron chi connectivity index (χ2n) is 6.32. The zero-order valence-electron chi connectivity index (χ0n) is 15.7. The second kappa shape index (κ2) is 15.7. The number of carboxylic acids is 2. The fourth-order valence-corrected chi connectivity index (χ4v) is 2.41. The van der Waals surface area contributed by atoms with Crippen molar-refractivity contribution in [3.05, 3.63) is 24.3 Å². The average Bonchev–Trinajstić information content (AvgIpc) is 3.26. The molecule has 3 N–H and O–H groups in total. The highest BCUT2D eigenvalue weighted by Crippen LogP contribution is 2.19. The fraction of sp³-hybridized carbons (Fsp3) is 0.600. The topological polar surface area (TPSA) is 124 Å². The Bertz CT molecular complexity index is 588. The number of carbonyl (C=O) groups excluding carboxylic acids is 2. The van der Waals surface area contributed by atoms with E-state index in [1.807, 2.05) is 0 Å². The molecule has 2 aliphatic heterocycles. The SMILES string of the molecule is C.C.C=C(C)C(=O)Cl.C=C(C)C(=O)N1CCC[C@@H]1C(=O)O.O=C(O)[C@H]1CCCN1. The molecule has 0 aromatic heterocycles. The summed E-state index contributed by atoms with van der Waals surface area (Å²) in [5.41, 5.74) is 0.782. The van der Waals surface area contributed by atoms with Gasteiger partial charge in [-0.1, -0.05) is 28.0 Å². The number of carbonyl (C=O) groups is 4. The van der Waals surface area contributed by atoms with Crippen molar-refractivity contribution >= 4 is 34.7 Å². The predicted molar refractivity (Wildman–Crippen MR) is 115 cm³/mol. The Morgan fingerprint density at radius 2 is 1.48 bits per heavy atom. The van der Waals surface area contributed by atoms with Gasteiger partial charge in [-0.15, -0.1) is 0 Å². The lowest BCUT2D eigenvalue weighted by molar-refractivity contribution is -0.146. The van der Waals surface area contributed by atoms with Crippen molar-refractivity contribution in [3.63, 3.8) is 0 Å². The maximum atomic E-state index is 11.4. The third-order valence-electron chi connectivity index (χ3n) is 3.86. The molecule has 29 heavy (non-hydrogen) atoms. The molecule has 1 amide bonds. The van der Waals surface area contributed by atoms with Crippen LogP contribution in [-0.2, 0) is 19.2 Å². The average molecular weight is 435 g/mol. The molecule has 0 radical (unpaired) electrons. The van der Waals surface area contributed by atoms with Crippen LogP contribution in [0, 0.1) is 0 Å². The normalized spacial score (nSPS) is 19.1. The minimum absolute atomic E-state index is 0. The molecule has 2 fully saturated rings. The first-order chi connectivity index (χ1) is 12.5. The summed E-state index contributed by atoms with van der Waals surface area (Å²) in [6, 6.07) is -0.917. The molecule has 2 aliphatic rings. The number of amides is 1. The van der Waals surface area contributed by atoms with E-state index >= 15 is 0 Å². The maximum absolute atomic E-state index is 11.4. The van der Waals surface area contributed by atoms with Gasteiger partial charge < -0.3 is 20.4 Å². The molecule has 8 nitrogen and oxygen atoms in total. The van der Waals surface area contributed by atoms with E-state index < -0.39 is 23.2 Å². The number of hydrogen-bond acceptors (Lipinski definition) is 5. The van der Waals surface area contributed by atoms with Crippen LogP contribution in [-0.4, -0.2) is 63.4 Å². The number of nitrogens with zero attached hydrogens (tertiary/aromatic N) is 1. The highest BCUT2D eigenvalue weighted by atomic mass is 35.5. The molecule has 2 saturated heterocycles. The third kappa shape index (κ3) is 12.1. The van der Waals surface area contributed by atoms with Crippen LogP contribution in [0.2, 0.25) is 0 Å². The lowest BCUT2D eigenvalue weighted by Crippen LogP contribution is -2.40. The molecule has 0 aliphatic carbocycles. The molecule has 2 heterocycles. The Hall–Kier alpha value is -2.19. The molecule has 0 aromatic carbocycles. The minimum atomic E-state index is -0.924. The summed E-state index contributed by atoms with van der Waals surface area (Å²) in [5, 5.41) is 19.5. The van der Waals surface area contributed by atoms with Gasteiger partial charge in [0.05, 0.1) is 0 Å². The van der Waals surface area contributed by atoms with Gasteiger partial charge in [-0.25, -0.2) is 4.79 Å². The van der Waals surface area contributed by atoms with E-state index in [9.17, 15) is 19.2 Å². The van der Waals surface area contributed by atoms with Crippen LogP contribution in [0.5, 0.6) is 0 Å². The molecule has 168 valence electrons. The summed E-state index contributed by atoms with van der Waals surface area (Å²) in [4.78, 5) is 43.5. The van der Waals surface area contributed by atoms with Crippen molar-refractivity contribution in [2.75, 3.05) is 13.1 Å². The molecule has 9 heteroatoms. The number of nitrogens with one attached hydrogen (secondary N) is 1. The van der Waals surface area contributed by atoms with Gasteiger partial charge in [0.15, 0.2) is 0 Å². The summed E-state index contributed by atoms with van der Waals surface area (Å²) in [6.45, 7) is 11.3. The summed E-state index contributed by atoms with van der Waals surface area (Å²) in [5.74, 6) is -1.89. The van der Waals surface area contributed by atoms with Crippen LogP contribution >= 0.6 is 11.6 Å². The summed E-state index contributed by atoms with van der Waals surface area (Å²) in [7, 11) is 0. The predicted octanol–water partition coefficient (Wildman–Crippen LogP) is 3.06. The van der Waals surface area contributed by atoms with Gasteiger partial charge in [-0.3, -0.25) is 14.4 Å². The van der Waals surface area contributed by atoms with Crippen LogP contribution in [0.15, 0.2) is 24.3 Å². The molecule has 0 spiro atoms. The Labute approximate surface area is 178 Å². The van der Waals surface area contributed by atoms with Crippen molar-refractivity contribution in [1.29, 1.82) is 0 Å². The Morgan fingerprint density at radius 1 is 0.966 bits per heavy atom. The molecule has 0 aromatic rings. The zero-order valence-corrected chi connectivity index (χ0v) is 16.4. The number of hydrogen-bond donors (Lipinski definition) is 3. The smallest absolute Gasteiger partial charge is 0.326 e. The van der Waals surface area contributed by atoms with Gasteiger partial charge in [-0.2, -0.15) is 0 Å². The number of halogens is 1. The second-order valence-corrected chi connectivity index (χ2v) is 6.66. The van der Waals surface area contributed by atoms with Crippen LogP contribution in [0.4, 0.5) is 0 Å². The van der Waals surface area contributed by atoms with E-state index in [4.69, 9.17) is 21.8 Å². The Kier molecular flexibility index (Phi) is 17.1. The van der Waals surface area contributed by atoms with Crippen molar-refractivity contribution in [3.8, 4) is 0 Å². The van der Waals surface area contributed by atoms with Crippen molar-refractivity contribution < 1.29 is 29.4 Å². The van der Waals surface area contributed by atoms with Crippen LogP contribution in [0.25, 0.3) is 0 Å².